The highest BCUT2D eigenvalue weighted by Crippen LogP contribution is 2.58. The maximum atomic E-state index is 5.71. The fraction of sp³-hybridized carbons (Fsp3) is 0.667. The summed E-state index contributed by atoms with van der Waals surface area (Å²) in [7, 11) is 0. The summed E-state index contributed by atoms with van der Waals surface area (Å²) in [5.41, 5.74) is 2.52. The number of nitrogens with zero attached hydrogens (tertiary/aromatic N) is 4. The number of aromatic nitrogens is 2. The lowest BCUT2D eigenvalue weighted by molar-refractivity contribution is -0.0821. The maximum Gasteiger partial charge on any atom is 0.129 e. The van der Waals surface area contributed by atoms with Gasteiger partial charge in [0.15, 0.2) is 0 Å². The third kappa shape index (κ3) is 2.24. The lowest BCUT2D eigenvalue weighted by atomic mass is 9.89. The number of hydrogen-bond donors (Lipinski definition) is 0. The molecule has 3 aliphatic heterocycles. The molecule has 2 saturated heterocycles. The average Bonchev–Trinajstić information content (AvgIpc) is 3.38. The van der Waals surface area contributed by atoms with E-state index in [-0.39, 0.29) is 5.66 Å². The van der Waals surface area contributed by atoms with Crippen LogP contribution in [-0.4, -0.2) is 72.0 Å². The van der Waals surface area contributed by atoms with Gasteiger partial charge >= 0.3 is 0 Å². The Morgan fingerprint density at radius 1 is 0.963 bits per heavy atom. The third-order valence-electron chi connectivity index (χ3n) is 7.27. The van der Waals surface area contributed by atoms with Crippen LogP contribution in [0.2, 0.25) is 0 Å². The second-order valence-electron chi connectivity index (χ2n) is 8.36. The number of morpholine rings is 2. The van der Waals surface area contributed by atoms with E-state index in [1.54, 1.807) is 0 Å². The Bertz CT molecular complexity index is 840. The standard InChI is InChI=1S/C21H28N4O2/c1-2-6-18-17(5-1)22-20-19(23-8-12-26-13-9-23)16-4-3-7-21(16,25(18)20)24-10-14-27-15-11-24/h1-2,5-6,16,19H,3-4,7-15H2/t16-,19+,21-/m1/s1. The molecule has 0 N–H and O–H groups in total. The van der Waals surface area contributed by atoms with Crippen molar-refractivity contribution in [2.45, 2.75) is 31.0 Å². The molecule has 1 saturated carbocycles. The van der Waals surface area contributed by atoms with Crippen LogP contribution in [0.5, 0.6) is 0 Å². The molecule has 144 valence electrons. The number of para-hydroxylation sites is 2. The Balaban J connectivity index is 1.55. The molecule has 4 aliphatic rings. The highest BCUT2D eigenvalue weighted by atomic mass is 16.5. The molecule has 27 heavy (non-hydrogen) atoms. The fourth-order valence-electron chi connectivity index (χ4n) is 6.27. The van der Waals surface area contributed by atoms with Crippen LogP contribution >= 0.6 is 0 Å². The van der Waals surface area contributed by atoms with E-state index < -0.39 is 0 Å². The van der Waals surface area contributed by atoms with Crippen LogP contribution < -0.4 is 0 Å². The van der Waals surface area contributed by atoms with Crippen molar-refractivity contribution < 1.29 is 9.47 Å². The maximum absolute atomic E-state index is 5.71. The smallest absolute Gasteiger partial charge is 0.129 e. The van der Waals surface area contributed by atoms with Crippen LogP contribution in [-0.2, 0) is 15.1 Å². The van der Waals surface area contributed by atoms with Gasteiger partial charge in [0.1, 0.15) is 11.5 Å². The largest absolute Gasteiger partial charge is 0.379 e. The Morgan fingerprint density at radius 2 is 1.70 bits per heavy atom. The molecule has 0 spiro atoms. The van der Waals surface area contributed by atoms with Crippen LogP contribution in [0.4, 0.5) is 0 Å². The quantitative estimate of drug-likeness (QED) is 0.813. The summed E-state index contributed by atoms with van der Waals surface area (Å²) in [6, 6.07) is 9.13. The number of ether oxygens (including phenoxy) is 2. The van der Waals surface area contributed by atoms with E-state index in [4.69, 9.17) is 14.5 Å². The van der Waals surface area contributed by atoms with Crippen molar-refractivity contribution in [3.8, 4) is 0 Å². The van der Waals surface area contributed by atoms with E-state index in [2.05, 4.69) is 38.6 Å². The zero-order chi connectivity index (χ0) is 17.8. The Morgan fingerprint density at radius 3 is 2.52 bits per heavy atom. The van der Waals surface area contributed by atoms with Gasteiger partial charge < -0.3 is 14.0 Å². The average molecular weight is 368 g/mol. The van der Waals surface area contributed by atoms with Gasteiger partial charge in [0, 0.05) is 32.1 Å². The van der Waals surface area contributed by atoms with Gasteiger partial charge in [-0.05, 0) is 31.4 Å². The highest BCUT2D eigenvalue weighted by molar-refractivity contribution is 5.77. The van der Waals surface area contributed by atoms with Crippen LogP contribution in [0, 0.1) is 5.92 Å². The molecule has 0 unspecified atom stereocenters. The zero-order valence-corrected chi connectivity index (χ0v) is 15.8. The van der Waals surface area contributed by atoms with Crippen molar-refractivity contribution in [1.82, 2.24) is 19.4 Å². The van der Waals surface area contributed by atoms with E-state index in [1.807, 2.05) is 0 Å². The second kappa shape index (κ2) is 6.27. The number of rotatable bonds is 2. The zero-order valence-electron chi connectivity index (χ0n) is 15.8. The van der Waals surface area contributed by atoms with Crippen molar-refractivity contribution in [3.63, 3.8) is 0 Å². The number of imidazole rings is 1. The van der Waals surface area contributed by atoms with Crippen LogP contribution in [0.1, 0.15) is 31.1 Å². The molecule has 1 aliphatic carbocycles. The summed E-state index contributed by atoms with van der Waals surface area (Å²) in [5, 5.41) is 0. The van der Waals surface area contributed by atoms with Gasteiger partial charge in [-0.25, -0.2) is 4.98 Å². The molecule has 3 fully saturated rings. The molecular formula is C21H28N4O2. The SMILES string of the molecule is c1ccc2c(c1)nc1n2[C@]2(N3CCOCC3)CCC[C@@H]2[C@@H]1N1CCOCC1. The summed E-state index contributed by atoms with van der Waals surface area (Å²) in [6.45, 7) is 7.46. The van der Waals surface area contributed by atoms with Gasteiger partial charge in [-0.2, -0.15) is 0 Å². The van der Waals surface area contributed by atoms with E-state index in [0.717, 1.165) is 58.1 Å². The molecule has 0 bridgehead atoms. The van der Waals surface area contributed by atoms with Crippen molar-refractivity contribution in [3.05, 3.63) is 30.1 Å². The second-order valence-corrected chi connectivity index (χ2v) is 8.36. The number of hydrogen-bond acceptors (Lipinski definition) is 5. The molecule has 1 aromatic heterocycles. The number of benzene rings is 1. The summed E-state index contributed by atoms with van der Waals surface area (Å²) in [4.78, 5) is 10.6. The summed E-state index contributed by atoms with van der Waals surface area (Å²) >= 11 is 0. The minimum absolute atomic E-state index is 0.0676. The summed E-state index contributed by atoms with van der Waals surface area (Å²) in [5.74, 6) is 1.90. The Labute approximate surface area is 160 Å². The van der Waals surface area contributed by atoms with Crippen LogP contribution in [0.25, 0.3) is 11.0 Å². The van der Waals surface area contributed by atoms with Crippen LogP contribution in [0.3, 0.4) is 0 Å². The van der Waals surface area contributed by atoms with E-state index in [9.17, 15) is 0 Å². The lowest BCUT2D eigenvalue weighted by Crippen LogP contribution is -2.55. The van der Waals surface area contributed by atoms with Gasteiger partial charge in [-0.15, -0.1) is 0 Å². The van der Waals surface area contributed by atoms with E-state index in [1.165, 1.54) is 30.6 Å². The molecule has 3 atom stereocenters. The van der Waals surface area contributed by atoms with Gasteiger partial charge in [0.2, 0.25) is 0 Å². The molecule has 0 radical (unpaired) electrons. The molecule has 0 amide bonds. The van der Waals surface area contributed by atoms with Crippen molar-refractivity contribution >= 4 is 11.0 Å². The van der Waals surface area contributed by atoms with Crippen molar-refractivity contribution in [2.24, 2.45) is 5.92 Å². The topological polar surface area (TPSA) is 42.8 Å². The molecule has 4 heterocycles. The van der Waals surface area contributed by atoms with Gasteiger partial charge in [0.05, 0.1) is 43.5 Å². The first-order valence-electron chi connectivity index (χ1n) is 10.5. The molecule has 6 rings (SSSR count). The van der Waals surface area contributed by atoms with E-state index in [0.29, 0.717) is 12.0 Å². The number of fused-ring (bicyclic) bond motifs is 5. The van der Waals surface area contributed by atoms with Gasteiger partial charge in [0.25, 0.3) is 0 Å². The first kappa shape index (κ1) is 16.5. The first-order valence-corrected chi connectivity index (χ1v) is 10.5. The van der Waals surface area contributed by atoms with Crippen LogP contribution in [0.15, 0.2) is 24.3 Å². The highest BCUT2D eigenvalue weighted by Gasteiger charge is 2.60. The minimum Gasteiger partial charge on any atom is -0.379 e. The molecular weight excluding hydrogens is 340 g/mol. The molecule has 6 nitrogen and oxygen atoms in total. The molecule has 1 aromatic carbocycles. The first-order chi connectivity index (χ1) is 13.4. The molecule has 2 aromatic rings. The van der Waals surface area contributed by atoms with E-state index >= 15 is 0 Å². The fourth-order valence-corrected chi connectivity index (χ4v) is 6.27. The van der Waals surface area contributed by atoms with Gasteiger partial charge in [-0.1, -0.05) is 12.1 Å². The lowest BCUT2D eigenvalue weighted by Gasteiger charge is -2.46. The Kier molecular flexibility index (Phi) is 3.83. The van der Waals surface area contributed by atoms with Gasteiger partial charge in [-0.3, -0.25) is 9.80 Å². The summed E-state index contributed by atoms with van der Waals surface area (Å²) < 4.78 is 14.0. The predicted octanol–water partition coefficient (Wildman–Crippen LogP) is 2.21. The van der Waals surface area contributed by atoms with Crippen molar-refractivity contribution in [1.29, 1.82) is 0 Å². The Hall–Kier alpha value is -1.47. The molecule has 6 heteroatoms. The summed E-state index contributed by atoms with van der Waals surface area (Å²) in [6.07, 6.45) is 3.82. The minimum atomic E-state index is 0.0676. The van der Waals surface area contributed by atoms with Crippen molar-refractivity contribution in [2.75, 3.05) is 52.6 Å². The monoisotopic (exact) mass is 368 g/mol. The predicted molar refractivity (Wildman–Crippen MR) is 103 cm³/mol. The normalized spacial score (nSPS) is 34.8. The third-order valence-corrected chi connectivity index (χ3v) is 7.27.